The standard InChI is InChI=1S/C6H12N2.ClH/c1-2-6(1)5-7-3-4-8-6;/h7-8H,1-5H2;1H. The van der Waals surface area contributed by atoms with Gasteiger partial charge in [0.25, 0.3) is 0 Å². The van der Waals surface area contributed by atoms with E-state index < -0.39 is 0 Å². The van der Waals surface area contributed by atoms with E-state index in [1.165, 1.54) is 25.9 Å². The lowest BCUT2D eigenvalue weighted by Crippen LogP contribution is -2.50. The first-order chi connectivity index (χ1) is 3.91. The van der Waals surface area contributed by atoms with Crippen molar-refractivity contribution in [2.45, 2.75) is 18.4 Å². The molecular weight excluding hydrogens is 136 g/mol. The van der Waals surface area contributed by atoms with E-state index in [0.29, 0.717) is 5.54 Å². The highest BCUT2D eigenvalue weighted by Gasteiger charge is 2.42. The molecule has 1 heterocycles. The zero-order valence-electron chi connectivity index (χ0n) is 5.44. The van der Waals surface area contributed by atoms with Crippen molar-refractivity contribution >= 4 is 12.4 Å². The SMILES string of the molecule is C1CNC2(CC2)CN1.Cl. The average Bonchev–Trinajstić information content (AvgIpc) is 2.52. The fraction of sp³-hybridized carbons (Fsp3) is 1.00. The maximum absolute atomic E-state index is 3.51. The largest absolute Gasteiger partial charge is 0.314 e. The molecule has 1 saturated carbocycles. The van der Waals surface area contributed by atoms with Gasteiger partial charge in [-0.3, -0.25) is 0 Å². The van der Waals surface area contributed by atoms with Crippen molar-refractivity contribution < 1.29 is 0 Å². The molecule has 0 amide bonds. The summed E-state index contributed by atoms with van der Waals surface area (Å²) in [4.78, 5) is 0. The van der Waals surface area contributed by atoms with Crippen molar-refractivity contribution in [1.82, 2.24) is 10.6 Å². The van der Waals surface area contributed by atoms with Gasteiger partial charge in [-0.25, -0.2) is 0 Å². The topological polar surface area (TPSA) is 24.1 Å². The van der Waals surface area contributed by atoms with Crippen LogP contribution in [0.25, 0.3) is 0 Å². The molecule has 1 spiro atoms. The van der Waals surface area contributed by atoms with Crippen LogP contribution in [-0.4, -0.2) is 25.2 Å². The van der Waals surface area contributed by atoms with E-state index >= 15 is 0 Å². The third-order valence-corrected chi connectivity index (χ3v) is 2.12. The molecule has 0 radical (unpaired) electrons. The number of hydrogen-bond acceptors (Lipinski definition) is 2. The third kappa shape index (κ3) is 1.37. The third-order valence-electron chi connectivity index (χ3n) is 2.12. The molecule has 2 nitrogen and oxygen atoms in total. The molecule has 1 aliphatic carbocycles. The molecular formula is C6H13ClN2. The predicted octanol–water partition coefficient (Wildman–Crippen LogP) is 0.134. The molecule has 2 aliphatic rings. The highest BCUT2D eigenvalue weighted by Crippen LogP contribution is 2.34. The van der Waals surface area contributed by atoms with Gasteiger partial charge < -0.3 is 10.6 Å². The molecule has 0 atom stereocenters. The summed E-state index contributed by atoms with van der Waals surface area (Å²) < 4.78 is 0. The molecule has 1 saturated heterocycles. The lowest BCUT2D eigenvalue weighted by atomic mass is 10.2. The van der Waals surface area contributed by atoms with Crippen molar-refractivity contribution in [3.63, 3.8) is 0 Å². The summed E-state index contributed by atoms with van der Waals surface area (Å²) in [7, 11) is 0. The van der Waals surface area contributed by atoms with Crippen LogP contribution in [0, 0.1) is 0 Å². The van der Waals surface area contributed by atoms with Gasteiger partial charge in [0.05, 0.1) is 0 Å². The predicted molar refractivity (Wildman–Crippen MR) is 40.1 cm³/mol. The molecule has 0 bridgehead atoms. The Hall–Kier alpha value is 0.210. The van der Waals surface area contributed by atoms with Gasteiger partial charge in [-0.1, -0.05) is 0 Å². The summed E-state index contributed by atoms with van der Waals surface area (Å²) in [6.07, 6.45) is 2.78. The maximum atomic E-state index is 3.51. The monoisotopic (exact) mass is 148 g/mol. The zero-order chi connectivity index (χ0) is 5.45. The molecule has 9 heavy (non-hydrogen) atoms. The van der Waals surface area contributed by atoms with E-state index in [2.05, 4.69) is 10.6 Å². The van der Waals surface area contributed by atoms with Gasteiger partial charge in [0, 0.05) is 25.2 Å². The second-order valence-corrected chi connectivity index (χ2v) is 2.88. The Morgan fingerprint density at radius 3 is 2.22 bits per heavy atom. The average molecular weight is 149 g/mol. The summed E-state index contributed by atoms with van der Waals surface area (Å²) in [5.74, 6) is 0. The molecule has 0 aromatic rings. The van der Waals surface area contributed by atoms with Crippen molar-refractivity contribution in [1.29, 1.82) is 0 Å². The van der Waals surface area contributed by atoms with E-state index in [1.54, 1.807) is 0 Å². The molecule has 1 aliphatic heterocycles. The molecule has 2 fully saturated rings. The van der Waals surface area contributed by atoms with E-state index in [4.69, 9.17) is 0 Å². The maximum Gasteiger partial charge on any atom is 0.0308 e. The summed E-state index contributed by atoms with van der Waals surface area (Å²) in [6, 6.07) is 0. The first-order valence-corrected chi connectivity index (χ1v) is 3.37. The van der Waals surface area contributed by atoms with Crippen molar-refractivity contribution in [3.05, 3.63) is 0 Å². The number of hydrogen-bond donors (Lipinski definition) is 2. The van der Waals surface area contributed by atoms with Crippen molar-refractivity contribution in [2.75, 3.05) is 19.6 Å². The summed E-state index contributed by atoms with van der Waals surface area (Å²) in [5.41, 5.74) is 0.568. The minimum absolute atomic E-state index is 0. The molecule has 2 rings (SSSR count). The summed E-state index contributed by atoms with van der Waals surface area (Å²) in [6.45, 7) is 3.52. The van der Waals surface area contributed by atoms with Crippen LogP contribution in [0.5, 0.6) is 0 Å². The van der Waals surface area contributed by atoms with Crippen LogP contribution in [0.15, 0.2) is 0 Å². The molecule has 0 aromatic carbocycles. The lowest BCUT2D eigenvalue weighted by molar-refractivity contribution is 0.403. The molecule has 54 valence electrons. The van der Waals surface area contributed by atoms with E-state index in [1.807, 2.05) is 0 Å². The van der Waals surface area contributed by atoms with E-state index in [0.717, 1.165) is 6.54 Å². The summed E-state index contributed by atoms with van der Waals surface area (Å²) >= 11 is 0. The van der Waals surface area contributed by atoms with E-state index in [9.17, 15) is 0 Å². The van der Waals surface area contributed by atoms with Crippen LogP contribution in [0.1, 0.15) is 12.8 Å². The second-order valence-electron chi connectivity index (χ2n) is 2.88. The lowest BCUT2D eigenvalue weighted by Gasteiger charge is -2.23. The van der Waals surface area contributed by atoms with Gasteiger partial charge in [0.2, 0.25) is 0 Å². The number of halogens is 1. The fourth-order valence-electron chi connectivity index (χ4n) is 1.31. The number of rotatable bonds is 0. The fourth-order valence-corrected chi connectivity index (χ4v) is 1.31. The van der Waals surface area contributed by atoms with Gasteiger partial charge in [-0.2, -0.15) is 0 Å². The van der Waals surface area contributed by atoms with Crippen molar-refractivity contribution in [2.24, 2.45) is 0 Å². The number of piperazine rings is 1. The molecule has 0 unspecified atom stereocenters. The highest BCUT2D eigenvalue weighted by atomic mass is 35.5. The van der Waals surface area contributed by atoms with Crippen LogP contribution in [0.2, 0.25) is 0 Å². The van der Waals surface area contributed by atoms with Crippen LogP contribution >= 0.6 is 12.4 Å². The Bertz CT molecular complexity index is 93.2. The van der Waals surface area contributed by atoms with Gasteiger partial charge in [0.1, 0.15) is 0 Å². The van der Waals surface area contributed by atoms with Crippen molar-refractivity contribution in [3.8, 4) is 0 Å². The quantitative estimate of drug-likeness (QED) is 0.511. The normalized spacial score (nSPS) is 29.3. The zero-order valence-corrected chi connectivity index (χ0v) is 6.26. The Labute approximate surface area is 61.8 Å². The van der Waals surface area contributed by atoms with Gasteiger partial charge in [-0.05, 0) is 12.8 Å². The Balaban J connectivity index is 0.000000405. The van der Waals surface area contributed by atoms with E-state index in [-0.39, 0.29) is 12.4 Å². The van der Waals surface area contributed by atoms with Crippen LogP contribution in [-0.2, 0) is 0 Å². The van der Waals surface area contributed by atoms with Crippen LogP contribution in [0.4, 0.5) is 0 Å². The Morgan fingerprint density at radius 1 is 1.11 bits per heavy atom. The summed E-state index contributed by atoms with van der Waals surface area (Å²) in [5, 5.41) is 6.88. The number of nitrogens with one attached hydrogen (secondary N) is 2. The highest BCUT2D eigenvalue weighted by molar-refractivity contribution is 5.85. The minimum atomic E-state index is 0. The minimum Gasteiger partial charge on any atom is -0.314 e. The second kappa shape index (κ2) is 2.45. The first-order valence-electron chi connectivity index (χ1n) is 3.37. The molecule has 0 aromatic heterocycles. The first kappa shape index (κ1) is 7.32. The van der Waals surface area contributed by atoms with Gasteiger partial charge in [0.15, 0.2) is 0 Å². The Kier molecular flexibility index (Phi) is 1.99. The Morgan fingerprint density at radius 2 is 1.89 bits per heavy atom. The molecule has 2 N–H and O–H groups in total. The van der Waals surface area contributed by atoms with Crippen LogP contribution < -0.4 is 10.6 Å². The molecule has 3 heteroatoms. The van der Waals surface area contributed by atoms with Crippen LogP contribution in [0.3, 0.4) is 0 Å². The van der Waals surface area contributed by atoms with Gasteiger partial charge in [-0.15, -0.1) is 12.4 Å². The smallest absolute Gasteiger partial charge is 0.0308 e. The van der Waals surface area contributed by atoms with Gasteiger partial charge >= 0.3 is 0 Å².